The molecule has 0 unspecified atom stereocenters. The van der Waals surface area contributed by atoms with E-state index >= 15 is 0 Å². The van der Waals surface area contributed by atoms with Gasteiger partial charge >= 0.3 is 0 Å². The first kappa shape index (κ1) is 15.9. The summed E-state index contributed by atoms with van der Waals surface area (Å²) in [6.45, 7) is 7.24. The van der Waals surface area contributed by atoms with Gasteiger partial charge in [0.1, 0.15) is 0 Å². The van der Waals surface area contributed by atoms with E-state index in [0.29, 0.717) is 5.13 Å². The number of anilines is 1. The molecule has 1 aliphatic heterocycles. The molecule has 0 spiro atoms. The second-order valence-electron chi connectivity index (χ2n) is 6.52. The summed E-state index contributed by atoms with van der Waals surface area (Å²) in [4.78, 5) is 18.5. The van der Waals surface area contributed by atoms with Crippen LogP contribution in [0, 0.1) is 0 Å². The Labute approximate surface area is 135 Å². The molecule has 1 saturated carbocycles. The van der Waals surface area contributed by atoms with Gasteiger partial charge in [-0.1, -0.05) is 0 Å². The Kier molecular flexibility index (Phi) is 4.49. The molecule has 2 aliphatic rings. The fourth-order valence-electron chi connectivity index (χ4n) is 3.23. The van der Waals surface area contributed by atoms with Crippen LogP contribution in [0.25, 0.3) is 0 Å². The molecule has 1 amide bonds. The maximum absolute atomic E-state index is 11.4. The number of hydrogen-bond donors (Lipinski definition) is 2. The molecule has 3 N–H and O–H groups in total. The Bertz CT molecular complexity index is 533. The van der Waals surface area contributed by atoms with Crippen LogP contribution >= 0.6 is 11.3 Å². The first-order chi connectivity index (χ1) is 10.5. The number of carbonyl (C=O) groups is 1. The highest BCUT2D eigenvalue weighted by atomic mass is 32.1. The molecule has 0 aromatic carbocycles. The number of amides is 1. The standard InChI is InChI=1S/C15H24N4O2S/c1-10-6-19(7-11(2)21-10)9-15(3-4-15)12-8-22-14(17-12)18-13(20)5-16/h8,10-11H,3-7,9,16H2,1-2H3,(H,17,18,20)/t10-,11+. The Morgan fingerprint density at radius 1 is 1.50 bits per heavy atom. The fraction of sp³-hybridized carbons (Fsp3) is 0.733. The van der Waals surface area contributed by atoms with Crippen LogP contribution < -0.4 is 11.1 Å². The topological polar surface area (TPSA) is 80.5 Å². The van der Waals surface area contributed by atoms with Crippen molar-refractivity contribution in [3.8, 4) is 0 Å². The molecule has 22 heavy (non-hydrogen) atoms. The van der Waals surface area contributed by atoms with Gasteiger partial charge in [-0.2, -0.15) is 0 Å². The number of nitrogens with one attached hydrogen (secondary N) is 1. The minimum Gasteiger partial charge on any atom is -0.373 e. The third-order valence-electron chi connectivity index (χ3n) is 4.35. The van der Waals surface area contributed by atoms with Crippen molar-refractivity contribution in [3.05, 3.63) is 11.1 Å². The van der Waals surface area contributed by atoms with E-state index in [4.69, 9.17) is 10.5 Å². The maximum atomic E-state index is 11.4. The molecule has 2 atom stereocenters. The van der Waals surface area contributed by atoms with Gasteiger partial charge < -0.3 is 15.8 Å². The van der Waals surface area contributed by atoms with Gasteiger partial charge in [0.2, 0.25) is 5.91 Å². The Balaban J connectivity index is 1.65. The van der Waals surface area contributed by atoms with Gasteiger partial charge in [-0.15, -0.1) is 11.3 Å². The summed E-state index contributed by atoms with van der Waals surface area (Å²) in [5.74, 6) is -0.193. The number of thiazole rings is 1. The summed E-state index contributed by atoms with van der Waals surface area (Å²) < 4.78 is 5.80. The van der Waals surface area contributed by atoms with E-state index in [1.807, 2.05) is 0 Å². The molecule has 1 aromatic rings. The molecule has 2 heterocycles. The molecular formula is C15H24N4O2S. The smallest absolute Gasteiger partial charge is 0.239 e. The van der Waals surface area contributed by atoms with Crippen molar-refractivity contribution in [2.24, 2.45) is 5.73 Å². The van der Waals surface area contributed by atoms with Crippen LogP contribution in [-0.2, 0) is 14.9 Å². The molecule has 3 rings (SSSR count). The first-order valence-electron chi connectivity index (χ1n) is 7.84. The number of nitrogens with two attached hydrogens (primary N) is 1. The lowest BCUT2D eigenvalue weighted by Crippen LogP contribution is -2.48. The summed E-state index contributed by atoms with van der Waals surface area (Å²) >= 11 is 1.48. The predicted octanol–water partition coefficient (Wildman–Crippen LogP) is 1.18. The highest BCUT2D eigenvalue weighted by Gasteiger charge is 2.48. The van der Waals surface area contributed by atoms with Crippen molar-refractivity contribution in [1.29, 1.82) is 0 Å². The minimum atomic E-state index is -0.193. The molecule has 6 nitrogen and oxygen atoms in total. The van der Waals surface area contributed by atoms with Crippen LogP contribution in [0.4, 0.5) is 5.13 Å². The normalized spacial score (nSPS) is 27.6. The van der Waals surface area contributed by atoms with Crippen molar-refractivity contribution >= 4 is 22.4 Å². The Hall–Kier alpha value is -1.02. The lowest BCUT2D eigenvalue weighted by Gasteiger charge is -2.37. The minimum absolute atomic E-state index is 0.0103. The van der Waals surface area contributed by atoms with Crippen LogP contribution in [0.2, 0.25) is 0 Å². The maximum Gasteiger partial charge on any atom is 0.239 e. The van der Waals surface area contributed by atoms with Gasteiger partial charge in [-0.05, 0) is 26.7 Å². The third kappa shape index (κ3) is 3.48. The molecule has 0 bridgehead atoms. The van der Waals surface area contributed by atoms with Gasteiger partial charge in [0.15, 0.2) is 5.13 Å². The van der Waals surface area contributed by atoms with Gasteiger partial charge in [0.25, 0.3) is 0 Å². The van der Waals surface area contributed by atoms with Gasteiger partial charge in [0, 0.05) is 30.4 Å². The van der Waals surface area contributed by atoms with Crippen LogP contribution in [0.5, 0.6) is 0 Å². The van der Waals surface area contributed by atoms with Crippen LogP contribution in [0.3, 0.4) is 0 Å². The number of ether oxygens (including phenoxy) is 1. The zero-order valence-corrected chi connectivity index (χ0v) is 14.0. The summed E-state index contributed by atoms with van der Waals surface area (Å²) in [7, 11) is 0. The number of hydrogen-bond acceptors (Lipinski definition) is 6. The van der Waals surface area contributed by atoms with Gasteiger partial charge in [-0.3, -0.25) is 9.69 Å². The van der Waals surface area contributed by atoms with E-state index in [-0.39, 0.29) is 30.1 Å². The highest BCUT2D eigenvalue weighted by molar-refractivity contribution is 7.14. The van der Waals surface area contributed by atoms with E-state index in [1.165, 1.54) is 24.2 Å². The zero-order chi connectivity index (χ0) is 15.7. The average Bonchev–Trinajstić information content (AvgIpc) is 3.07. The number of nitrogens with zero attached hydrogens (tertiary/aromatic N) is 2. The summed E-state index contributed by atoms with van der Waals surface area (Å²) in [6, 6.07) is 0. The third-order valence-corrected chi connectivity index (χ3v) is 5.11. The van der Waals surface area contributed by atoms with E-state index in [0.717, 1.165) is 25.3 Å². The largest absolute Gasteiger partial charge is 0.373 e. The van der Waals surface area contributed by atoms with Crippen molar-refractivity contribution in [1.82, 2.24) is 9.88 Å². The van der Waals surface area contributed by atoms with Crippen LogP contribution in [-0.4, -0.2) is 54.2 Å². The predicted molar refractivity (Wildman–Crippen MR) is 87.2 cm³/mol. The van der Waals surface area contributed by atoms with Crippen LogP contribution in [0.15, 0.2) is 5.38 Å². The molecule has 122 valence electrons. The van der Waals surface area contributed by atoms with E-state index in [1.54, 1.807) is 0 Å². The summed E-state index contributed by atoms with van der Waals surface area (Å²) in [5.41, 5.74) is 6.59. The van der Waals surface area contributed by atoms with Gasteiger partial charge in [-0.25, -0.2) is 4.98 Å². The summed E-state index contributed by atoms with van der Waals surface area (Å²) in [6.07, 6.45) is 2.91. The SMILES string of the molecule is C[C@@H]1CN(CC2(c3csc(NC(=O)CN)n3)CC2)C[C@H](C)O1. The monoisotopic (exact) mass is 324 g/mol. The number of morpholine rings is 1. The number of aromatic nitrogens is 1. The zero-order valence-electron chi connectivity index (χ0n) is 13.2. The van der Waals surface area contributed by atoms with Crippen molar-refractivity contribution in [2.45, 2.75) is 44.3 Å². The molecule has 1 aliphatic carbocycles. The molecule has 1 saturated heterocycles. The first-order valence-corrected chi connectivity index (χ1v) is 8.72. The van der Waals surface area contributed by atoms with Crippen molar-refractivity contribution in [2.75, 3.05) is 31.5 Å². The van der Waals surface area contributed by atoms with Crippen molar-refractivity contribution < 1.29 is 9.53 Å². The average molecular weight is 324 g/mol. The molecule has 0 radical (unpaired) electrons. The second-order valence-corrected chi connectivity index (χ2v) is 7.38. The lowest BCUT2D eigenvalue weighted by molar-refractivity contribution is -0.114. The lowest BCUT2D eigenvalue weighted by atomic mass is 10.0. The van der Waals surface area contributed by atoms with Crippen LogP contribution in [0.1, 0.15) is 32.4 Å². The quantitative estimate of drug-likeness (QED) is 0.850. The Morgan fingerprint density at radius 3 is 2.77 bits per heavy atom. The summed E-state index contributed by atoms with van der Waals surface area (Å²) in [5, 5.41) is 5.47. The van der Waals surface area contributed by atoms with E-state index in [2.05, 4.69) is 34.4 Å². The highest BCUT2D eigenvalue weighted by Crippen LogP contribution is 2.49. The Morgan fingerprint density at radius 2 is 2.18 bits per heavy atom. The molecule has 7 heteroatoms. The molecular weight excluding hydrogens is 300 g/mol. The molecule has 1 aromatic heterocycles. The van der Waals surface area contributed by atoms with Gasteiger partial charge in [0.05, 0.1) is 24.4 Å². The van der Waals surface area contributed by atoms with Crippen molar-refractivity contribution in [3.63, 3.8) is 0 Å². The van der Waals surface area contributed by atoms with E-state index < -0.39 is 0 Å². The number of rotatable bonds is 5. The number of carbonyl (C=O) groups excluding carboxylic acids is 1. The second kappa shape index (κ2) is 6.23. The fourth-order valence-corrected chi connectivity index (χ4v) is 4.08. The van der Waals surface area contributed by atoms with E-state index in [9.17, 15) is 4.79 Å². The molecule has 2 fully saturated rings.